The molecule has 1 aromatic carbocycles. The lowest BCUT2D eigenvalue weighted by Crippen LogP contribution is -2.21. The number of aliphatic imine (C=N–C) groups is 1. The lowest BCUT2D eigenvalue weighted by molar-refractivity contribution is 0.0750. The molecule has 1 fully saturated rings. The Morgan fingerprint density at radius 1 is 1.33 bits per heavy atom. The Bertz CT molecular complexity index is 602. The summed E-state index contributed by atoms with van der Waals surface area (Å²) in [4.78, 5) is 4.06. The summed E-state index contributed by atoms with van der Waals surface area (Å²) in [5.41, 5.74) is 7.81. The van der Waals surface area contributed by atoms with Gasteiger partial charge in [-0.1, -0.05) is 36.2 Å². The summed E-state index contributed by atoms with van der Waals surface area (Å²) in [6.45, 7) is 6.11. The number of nitrogens with two attached hydrogens (primary N) is 1. The van der Waals surface area contributed by atoms with Crippen molar-refractivity contribution in [1.82, 2.24) is 5.32 Å². The fourth-order valence-electron chi connectivity index (χ4n) is 2.58. The Labute approximate surface area is 143 Å². The molecule has 1 aromatic rings. The number of nitrogens with zero attached hydrogens (tertiary/aromatic N) is 1. The van der Waals surface area contributed by atoms with E-state index in [1.54, 1.807) is 0 Å². The van der Waals surface area contributed by atoms with Crippen LogP contribution in [0.5, 0.6) is 0 Å². The van der Waals surface area contributed by atoms with E-state index < -0.39 is 5.83 Å². The van der Waals surface area contributed by atoms with Gasteiger partial charge in [-0.2, -0.15) is 0 Å². The maximum absolute atomic E-state index is 13.9. The second-order valence-corrected chi connectivity index (χ2v) is 6.12. The zero-order chi connectivity index (χ0) is 17.4. The monoisotopic (exact) mass is 331 g/mol. The molecule has 24 heavy (non-hydrogen) atoms. The van der Waals surface area contributed by atoms with E-state index >= 15 is 0 Å². The van der Waals surface area contributed by atoms with Crippen LogP contribution in [0.2, 0.25) is 0 Å². The van der Waals surface area contributed by atoms with E-state index in [2.05, 4.69) is 16.9 Å². The van der Waals surface area contributed by atoms with Crippen LogP contribution in [0.3, 0.4) is 0 Å². The van der Waals surface area contributed by atoms with Crippen LogP contribution in [0.1, 0.15) is 43.2 Å². The zero-order valence-electron chi connectivity index (χ0n) is 14.2. The van der Waals surface area contributed by atoms with E-state index in [1.807, 2.05) is 31.2 Å². The van der Waals surface area contributed by atoms with Gasteiger partial charge in [-0.3, -0.25) is 4.99 Å². The topological polar surface area (TPSA) is 59.6 Å². The van der Waals surface area contributed by atoms with E-state index in [4.69, 9.17) is 10.5 Å². The molecule has 2 rings (SSSR count). The first-order valence-corrected chi connectivity index (χ1v) is 8.38. The number of rotatable bonds is 7. The van der Waals surface area contributed by atoms with Crippen molar-refractivity contribution < 1.29 is 9.13 Å². The minimum absolute atomic E-state index is 0.145. The molecule has 0 bridgehead atoms. The van der Waals surface area contributed by atoms with Gasteiger partial charge in [0.15, 0.2) is 17.5 Å². The number of ether oxygens (including phenoxy) is 1. The summed E-state index contributed by atoms with van der Waals surface area (Å²) < 4.78 is 19.6. The van der Waals surface area contributed by atoms with Gasteiger partial charge in [0.1, 0.15) is 6.10 Å². The molecule has 0 heterocycles. The Morgan fingerprint density at radius 2 is 2.00 bits per heavy atom. The van der Waals surface area contributed by atoms with Gasteiger partial charge in [0, 0.05) is 6.20 Å². The van der Waals surface area contributed by atoms with Crippen molar-refractivity contribution in [2.24, 2.45) is 10.7 Å². The molecular weight excluding hydrogens is 305 g/mol. The summed E-state index contributed by atoms with van der Waals surface area (Å²) in [6, 6.07) is 7.88. The number of aryl methyl sites for hydroxylation is 1. The van der Waals surface area contributed by atoms with E-state index in [0.29, 0.717) is 12.4 Å². The minimum Gasteiger partial charge on any atom is -0.476 e. The second kappa shape index (κ2) is 9.11. The second-order valence-electron chi connectivity index (χ2n) is 6.12. The molecule has 5 heteroatoms. The van der Waals surface area contributed by atoms with Crippen LogP contribution in [-0.2, 0) is 11.3 Å². The molecule has 0 unspecified atom stereocenters. The molecule has 0 spiro atoms. The number of halogens is 1. The van der Waals surface area contributed by atoms with Gasteiger partial charge in [-0.25, -0.2) is 4.39 Å². The number of benzene rings is 1. The van der Waals surface area contributed by atoms with E-state index in [1.165, 1.54) is 24.8 Å². The highest BCUT2D eigenvalue weighted by Crippen LogP contribution is 2.21. The average Bonchev–Trinajstić information content (AvgIpc) is 2.59. The number of amidine groups is 1. The zero-order valence-corrected chi connectivity index (χ0v) is 14.2. The molecule has 0 atom stereocenters. The van der Waals surface area contributed by atoms with Crippen molar-refractivity contribution in [3.63, 3.8) is 0 Å². The molecule has 130 valence electrons. The summed E-state index contributed by atoms with van der Waals surface area (Å²) >= 11 is 0. The van der Waals surface area contributed by atoms with Crippen molar-refractivity contribution in [2.45, 2.75) is 51.7 Å². The van der Waals surface area contributed by atoms with Gasteiger partial charge < -0.3 is 15.8 Å². The van der Waals surface area contributed by atoms with Crippen LogP contribution in [0, 0.1) is 6.92 Å². The fourth-order valence-corrected chi connectivity index (χ4v) is 2.58. The maximum Gasteiger partial charge on any atom is 0.183 e. The van der Waals surface area contributed by atoms with Crippen LogP contribution in [-0.4, -0.2) is 11.9 Å². The molecule has 0 aliphatic heterocycles. The lowest BCUT2D eigenvalue weighted by Gasteiger charge is -2.23. The van der Waals surface area contributed by atoms with Crippen LogP contribution in [0.4, 0.5) is 4.39 Å². The smallest absolute Gasteiger partial charge is 0.183 e. The maximum atomic E-state index is 13.9. The first-order valence-electron chi connectivity index (χ1n) is 8.38. The van der Waals surface area contributed by atoms with Crippen molar-refractivity contribution in [1.29, 1.82) is 0 Å². The minimum atomic E-state index is -0.629. The number of hydrogen-bond acceptors (Lipinski definition) is 3. The van der Waals surface area contributed by atoms with Crippen molar-refractivity contribution in [2.75, 3.05) is 0 Å². The van der Waals surface area contributed by atoms with Gasteiger partial charge in [0.2, 0.25) is 0 Å². The van der Waals surface area contributed by atoms with Crippen molar-refractivity contribution in [3.8, 4) is 0 Å². The van der Waals surface area contributed by atoms with Crippen LogP contribution in [0.15, 0.2) is 53.7 Å². The first-order chi connectivity index (χ1) is 11.5. The third kappa shape index (κ3) is 6.07. The Morgan fingerprint density at radius 3 is 2.67 bits per heavy atom. The quantitative estimate of drug-likeness (QED) is 0.450. The summed E-state index contributed by atoms with van der Waals surface area (Å²) in [7, 11) is 0. The first kappa shape index (κ1) is 18.0. The average molecular weight is 331 g/mol. The Kier molecular flexibility index (Phi) is 6.85. The van der Waals surface area contributed by atoms with Crippen molar-refractivity contribution in [3.05, 3.63) is 59.9 Å². The standard InChI is InChI=1S/C19H26FN3O/c1-14-8-10-16(11-9-14)12-23-19(21)18(20)13-22-15(2)24-17-6-4-3-5-7-17/h8-11,13,17,22H,2-7,12H2,1H3,(H2,21,23). The van der Waals surface area contributed by atoms with Crippen molar-refractivity contribution >= 4 is 5.84 Å². The SMILES string of the molecule is C=C(NC=C(F)C(N)=NCc1ccc(C)cc1)OC1CCCCC1. The molecule has 0 radical (unpaired) electrons. The molecule has 0 amide bonds. The van der Waals surface area contributed by atoms with Gasteiger partial charge in [0.25, 0.3) is 0 Å². The van der Waals surface area contributed by atoms with Gasteiger partial charge in [-0.05, 0) is 44.7 Å². The van der Waals surface area contributed by atoms with E-state index in [9.17, 15) is 4.39 Å². The summed E-state index contributed by atoms with van der Waals surface area (Å²) in [5, 5.41) is 2.70. The van der Waals surface area contributed by atoms with E-state index in [-0.39, 0.29) is 11.9 Å². The summed E-state index contributed by atoms with van der Waals surface area (Å²) in [6.07, 6.45) is 6.94. The lowest BCUT2D eigenvalue weighted by atomic mass is 9.98. The Balaban J connectivity index is 1.81. The van der Waals surface area contributed by atoms with Crippen LogP contribution >= 0.6 is 0 Å². The van der Waals surface area contributed by atoms with Gasteiger partial charge >= 0.3 is 0 Å². The molecule has 4 nitrogen and oxygen atoms in total. The van der Waals surface area contributed by atoms with E-state index in [0.717, 1.165) is 24.6 Å². The highest BCUT2D eigenvalue weighted by Gasteiger charge is 2.14. The highest BCUT2D eigenvalue weighted by molar-refractivity contribution is 5.94. The van der Waals surface area contributed by atoms with Gasteiger partial charge in [0.05, 0.1) is 6.54 Å². The van der Waals surface area contributed by atoms with Gasteiger partial charge in [-0.15, -0.1) is 0 Å². The largest absolute Gasteiger partial charge is 0.476 e. The highest BCUT2D eigenvalue weighted by atomic mass is 19.1. The molecule has 3 N–H and O–H groups in total. The molecule has 1 aliphatic carbocycles. The normalized spacial score (nSPS) is 16.8. The number of nitrogens with one attached hydrogen (secondary N) is 1. The predicted molar refractivity (Wildman–Crippen MR) is 95.9 cm³/mol. The Hall–Kier alpha value is -2.30. The number of hydrogen-bond donors (Lipinski definition) is 2. The predicted octanol–water partition coefficient (Wildman–Crippen LogP) is 4.07. The van der Waals surface area contributed by atoms with Crippen LogP contribution < -0.4 is 11.1 Å². The van der Waals surface area contributed by atoms with Crippen LogP contribution in [0.25, 0.3) is 0 Å². The molecular formula is C19H26FN3O. The third-order valence-electron chi connectivity index (χ3n) is 4.02. The summed E-state index contributed by atoms with van der Waals surface area (Å²) in [5.74, 6) is -0.438. The molecule has 0 saturated heterocycles. The third-order valence-corrected chi connectivity index (χ3v) is 4.02. The molecule has 1 aliphatic rings. The fraction of sp³-hybridized carbons (Fsp3) is 0.421. The molecule has 0 aromatic heterocycles. The molecule has 1 saturated carbocycles.